The standard InChI is InChI=1S/C19H22N4O2S/c1-11-9-16(12(2)23(11)14-5-6-14)17(24)10-26-19-21-20-18(22(19)4)15-7-8-25-13(15)3/h7-9,14H,5-6,10H2,1-4H3. The van der Waals surface area contributed by atoms with Gasteiger partial charge in [0, 0.05) is 30.0 Å². The molecule has 1 fully saturated rings. The smallest absolute Gasteiger partial charge is 0.191 e. The van der Waals surface area contributed by atoms with Crippen LogP contribution < -0.4 is 0 Å². The van der Waals surface area contributed by atoms with Crippen LogP contribution in [0.4, 0.5) is 0 Å². The molecule has 0 saturated heterocycles. The summed E-state index contributed by atoms with van der Waals surface area (Å²) in [4.78, 5) is 12.7. The van der Waals surface area contributed by atoms with E-state index in [-0.39, 0.29) is 5.78 Å². The first kappa shape index (κ1) is 17.1. The predicted molar refractivity (Wildman–Crippen MR) is 101 cm³/mol. The predicted octanol–water partition coefficient (Wildman–Crippen LogP) is 4.11. The van der Waals surface area contributed by atoms with Gasteiger partial charge in [-0.25, -0.2) is 0 Å². The number of hydrogen-bond acceptors (Lipinski definition) is 5. The van der Waals surface area contributed by atoms with Crippen LogP contribution in [0, 0.1) is 20.8 Å². The summed E-state index contributed by atoms with van der Waals surface area (Å²) >= 11 is 1.42. The van der Waals surface area contributed by atoms with Gasteiger partial charge in [0.15, 0.2) is 16.8 Å². The highest BCUT2D eigenvalue weighted by molar-refractivity contribution is 7.99. The maximum Gasteiger partial charge on any atom is 0.191 e. The number of furan rings is 1. The van der Waals surface area contributed by atoms with Gasteiger partial charge in [-0.15, -0.1) is 10.2 Å². The third-order valence-electron chi connectivity index (χ3n) is 4.96. The number of rotatable bonds is 6. The summed E-state index contributed by atoms with van der Waals surface area (Å²) in [5, 5.41) is 9.22. The van der Waals surface area contributed by atoms with Gasteiger partial charge in [-0.1, -0.05) is 11.8 Å². The molecule has 0 spiro atoms. The van der Waals surface area contributed by atoms with Crippen molar-refractivity contribution in [1.82, 2.24) is 19.3 Å². The van der Waals surface area contributed by atoms with E-state index in [1.165, 1.54) is 30.3 Å². The molecule has 1 aliphatic rings. The molecule has 0 bridgehead atoms. The second-order valence-corrected chi connectivity index (χ2v) is 7.80. The van der Waals surface area contributed by atoms with Crippen LogP contribution in [0.25, 0.3) is 11.4 Å². The fraction of sp³-hybridized carbons (Fsp3) is 0.421. The van der Waals surface area contributed by atoms with Crippen LogP contribution in [0.1, 0.15) is 46.4 Å². The molecule has 0 aromatic carbocycles. The van der Waals surface area contributed by atoms with Crippen LogP contribution in [-0.2, 0) is 7.05 Å². The fourth-order valence-electron chi connectivity index (χ4n) is 3.45. The van der Waals surface area contributed by atoms with Gasteiger partial charge in [0.1, 0.15) is 5.76 Å². The second-order valence-electron chi connectivity index (χ2n) is 6.85. The van der Waals surface area contributed by atoms with Crippen molar-refractivity contribution in [3.05, 3.63) is 41.1 Å². The van der Waals surface area contributed by atoms with E-state index < -0.39 is 0 Å². The Hall–Kier alpha value is -2.28. The van der Waals surface area contributed by atoms with E-state index >= 15 is 0 Å². The Labute approximate surface area is 156 Å². The molecule has 0 atom stereocenters. The lowest BCUT2D eigenvalue weighted by molar-refractivity contribution is 0.102. The van der Waals surface area contributed by atoms with Crippen LogP contribution in [0.3, 0.4) is 0 Å². The number of carbonyl (C=O) groups is 1. The van der Waals surface area contributed by atoms with Gasteiger partial charge < -0.3 is 13.6 Å². The molecule has 3 aromatic rings. The second kappa shape index (κ2) is 6.46. The van der Waals surface area contributed by atoms with Gasteiger partial charge in [-0.3, -0.25) is 4.79 Å². The number of nitrogens with zero attached hydrogens (tertiary/aromatic N) is 4. The Morgan fingerprint density at radius 3 is 2.73 bits per heavy atom. The normalized spacial score (nSPS) is 14.2. The third kappa shape index (κ3) is 2.90. The average molecular weight is 370 g/mol. The maximum absolute atomic E-state index is 12.7. The van der Waals surface area contributed by atoms with Gasteiger partial charge in [-0.05, 0) is 45.7 Å². The van der Waals surface area contributed by atoms with Crippen molar-refractivity contribution in [3.8, 4) is 11.4 Å². The first-order valence-corrected chi connectivity index (χ1v) is 9.74. The number of ketones is 1. The Balaban J connectivity index is 1.50. The minimum atomic E-state index is 0.138. The zero-order chi connectivity index (χ0) is 18.4. The number of aryl methyl sites for hydroxylation is 2. The topological polar surface area (TPSA) is 65.8 Å². The van der Waals surface area contributed by atoms with E-state index in [1.54, 1.807) is 6.26 Å². The summed E-state index contributed by atoms with van der Waals surface area (Å²) in [5.74, 6) is 2.04. The van der Waals surface area contributed by atoms with Crippen molar-refractivity contribution in [1.29, 1.82) is 0 Å². The molecule has 1 saturated carbocycles. The van der Waals surface area contributed by atoms with E-state index in [1.807, 2.05) is 37.6 Å². The lowest BCUT2D eigenvalue weighted by atomic mass is 10.2. The van der Waals surface area contributed by atoms with E-state index in [4.69, 9.17) is 4.42 Å². The SMILES string of the molecule is Cc1occc1-c1nnc(SCC(=O)c2cc(C)n(C3CC3)c2C)n1C. The van der Waals surface area contributed by atoms with Crippen molar-refractivity contribution in [2.75, 3.05) is 5.75 Å². The van der Waals surface area contributed by atoms with Gasteiger partial charge in [0.2, 0.25) is 0 Å². The third-order valence-corrected chi connectivity index (χ3v) is 5.98. The van der Waals surface area contributed by atoms with E-state index in [0.29, 0.717) is 11.8 Å². The van der Waals surface area contributed by atoms with Gasteiger partial charge in [0.05, 0.1) is 17.6 Å². The molecule has 0 aliphatic heterocycles. The van der Waals surface area contributed by atoms with Crippen molar-refractivity contribution in [2.24, 2.45) is 7.05 Å². The van der Waals surface area contributed by atoms with Crippen LogP contribution >= 0.6 is 11.8 Å². The fourth-order valence-corrected chi connectivity index (χ4v) is 4.25. The zero-order valence-electron chi connectivity index (χ0n) is 15.4. The van der Waals surface area contributed by atoms with E-state index in [0.717, 1.165) is 33.6 Å². The van der Waals surface area contributed by atoms with Gasteiger partial charge in [-0.2, -0.15) is 0 Å². The van der Waals surface area contributed by atoms with Crippen LogP contribution in [0.2, 0.25) is 0 Å². The molecule has 3 aromatic heterocycles. The Bertz CT molecular complexity index is 978. The molecule has 7 heteroatoms. The molecule has 6 nitrogen and oxygen atoms in total. The average Bonchev–Trinajstić information content (AvgIpc) is 3.14. The maximum atomic E-state index is 12.7. The van der Waals surface area contributed by atoms with Gasteiger partial charge >= 0.3 is 0 Å². The molecule has 0 radical (unpaired) electrons. The van der Waals surface area contributed by atoms with E-state index in [2.05, 4.69) is 21.7 Å². The van der Waals surface area contributed by atoms with Crippen molar-refractivity contribution >= 4 is 17.5 Å². The summed E-state index contributed by atoms with van der Waals surface area (Å²) in [6, 6.07) is 4.49. The van der Waals surface area contributed by atoms with Crippen molar-refractivity contribution < 1.29 is 9.21 Å². The highest BCUT2D eigenvalue weighted by Gasteiger charge is 2.28. The minimum absolute atomic E-state index is 0.138. The Morgan fingerprint density at radius 1 is 1.31 bits per heavy atom. The molecule has 3 heterocycles. The summed E-state index contributed by atoms with van der Waals surface area (Å²) in [7, 11) is 1.91. The van der Waals surface area contributed by atoms with E-state index in [9.17, 15) is 4.79 Å². The number of thioether (sulfide) groups is 1. The Morgan fingerprint density at radius 2 is 2.08 bits per heavy atom. The summed E-state index contributed by atoms with van der Waals surface area (Å²) in [6.07, 6.45) is 4.08. The monoisotopic (exact) mass is 370 g/mol. The van der Waals surface area contributed by atoms with Crippen LogP contribution in [0.15, 0.2) is 28.0 Å². The minimum Gasteiger partial charge on any atom is -0.469 e. The Kier molecular flexibility index (Phi) is 4.26. The summed E-state index contributed by atoms with van der Waals surface area (Å²) in [6.45, 7) is 6.03. The zero-order valence-corrected chi connectivity index (χ0v) is 16.3. The highest BCUT2D eigenvalue weighted by Crippen LogP contribution is 2.38. The number of hydrogen-bond donors (Lipinski definition) is 0. The number of carbonyl (C=O) groups excluding carboxylic acids is 1. The molecule has 0 N–H and O–H groups in total. The molecule has 0 amide bonds. The molecule has 4 rings (SSSR count). The van der Waals surface area contributed by atoms with Crippen molar-refractivity contribution in [2.45, 2.75) is 44.8 Å². The highest BCUT2D eigenvalue weighted by atomic mass is 32.2. The lowest BCUT2D eigenvalue weighted by Crippen LogP contribution is -2.06. The van der Waals surface area contributed by atoms with Crippen LogP contribution in [0.5, 0.6) is 0 Å². The lowest BCUT2D eigenvalue weighted by Gasteiger charge is -2.07. The van der Waals surface area contributed by atoms with Gasteiger partial charge in [0.25, 0.3) is 0 Å². The summed E-state index contributed by atoms with van der Waals surface area (Å²) in [5.41, 5.74) is 4.01. The molecule has 0 unspecified atom stereocenters. The molecule has 1 aliphatic carbocycles. The molecular formula is C19H22N4O2S. The van der Waals surface area contributed by atoms with Crippen molar-refractivity contribution in [3.63, 3.8) is 0 Å². The largest absolute Gasteiger partial charge is 0.469 e. The molecule has 136 valence electrons. The number of Topliss-reactive ketones (excluding diaryl/α,β-unsaturated/α-hetero) is 1. The summed E-state index contributed by atoms with van der Waals surface area (Å²) < 4.78 is 9.56. The van der Waals surface area contributed by atoms with Crippen LogP contribution in [-0.4, -0.2) is 30.9 Å². The molecule has 26 heavy (non-hydrogen) atoms. The molecular weight excluding hydrogens is 348 g/mol. The first-order chi connectivity index (χ1) is 12.5. The number of aromatic nitrogens is 4. The first-order valence-electron chi connectivity index (χ1n) is 8.75. The quantitative estimate of drug-likeness (QED) is 0.482.